The van der Waals surface area contributed by atoms with E-state index in [4.69, 9.17) is 0 Å². The smallest absolute Gasteiger partial charge is 0.207 e. The minimum Gasteiger partial charge on any atom is -0.207 e. The number of hydrogen-bond acceptors (Lipinski definition) is 2. The van der Waals surface area contributed by atoms with Crippen LogP contribution in [0.15, 0.2) is 29.2 Å². The van der Waals surface area contributed by atoms with Crippen LogP contribution in [0.5, 0.6) is 0 Å². The second-order valence-corrected chi connectivity index (χ2v) is 7.07. The van der Waals surface area contributed by atoms with Crippen LogP contribution in [-0.4, -0.2) is 30.6 Å². The van der Waals surface area contributed by atoms with E-state index >= 15 is 0 Å². The van der Waals surface area contributed by atoms with Crippen molar-refractivity contribution in [3.63, 3.8) is 0 Å². The Hall–Kier alpha value is -0.600. The van der Waals surface area contributed by atoms with Crippen LogP contribution in [0.1, 0.15) is 18.4 Å². The van der Waals surface area contributed by atoms with Gasteiger partial charge >= 0.3 is 6.18 Å². The zero-order chi connectivity index (χ0) is 15.0. The molecule has 1 aliphatic rings. The molecule has 1 saturated heterocycles. The molecule has 112 valence electrons. The van der Waals surface area contributed by atoms with Gasteiger partial charge < -0.3 is 0 Å². The van der Waals surface area contributed by atoms with Crippen molar-refractivity contribution in [2.24, 2.45) is 0 Å². The highest BCUT2D eigenvalue weighted by molar-refractivity contribution is 9.09. The minimum absolute atomic E-state index is 0.255. The molecule has 1 aliphatic heterocycles. The average Bonchev–Trinajstić information content (AvgIpc) is 2.86. The van der Waals surface area contributed by atoms with Crippen molar-refractivity contribution in [2.75, 3.05) is 11.9 Å². The van der Waals surface area contributed by atoms with Gasteiger partial charge in [0.15, 0.2) is 0 Å². The Labute approximate surface area is 123 Å². The Morgan fingerprint density at radius 3 is 2.55 bits per heavy atom. The van der Waals surface area contributed by atoms with Crippen LogP contribution in [0, 0.1) is 0 Å². The van der Waals surface area contributed by atoms with Crippen LogP contribution >= 0.6 is 15.9 Å². The molecule has 1 unspecified atom stereocenters. The van der Waals surface area contributed by atoms with Crippen molar-refractivity contribution in [2.45, 2.75) is 30.0 Å². The molecule has 0 radical (unpaired) electrons. The third kappa shape index (κ3) is 2.87. The van der Waals surface area contributed by atoms with E-state index in [1.165, 1.54) is 12.1 Å². The van der Waals surface area contributed by atoms with Crippen LogP contribution in [0.25, 0.3) is 0 Å². The maximum Gasteiger partial charge on any atom is 0.417 e. The van der Waals surface area contributed by atoms with Gasteiger partial charge in [-0.1, -0.05) is 28.1 Å². The van der Waals surface area contributed by atoms with E-state index in [9.17, 15) is 21.6 Å². The van der Waals surface area contributed by atoms with Crippen LogP contribution in [-0.2, 0) is 16.2 Å². The lowest BCUT2D eigenvalue weighted by atomic mass is 10.2. The van der Waals surface area contributed by atoms with Crippen molar-refractivity contribution in [1.82, 2.24) is 4.31 Å². The maximum absolute atomic E-state index is 13.0. The first-order chi connectivity index (χ1) is 9.28. The Balaban J connectivity index is 2.50. The molecular formula is C12H13BrF3NO2S. The lowest BCUT2D eigenvalue weighted by Gasteiger charge is -2.24. The van der Waals surface area contributed by atoms with Crippen LogP contribution in [0.3, 0.4) is 0 Å². The van der Waals surface area contributed by atoms with Gasteiger partial charge in [0.05, 0.1) is 10.5 Å². The Morgan fingerprint density at radius 1 is 1.30 bits per heavy atom. The van der Waals surface area contributed by atoms with Gasteiger partial charge in [-0.25, -0.2) is 8.42 Å². The number of sulfonamides is 1. The highest BCUT2D eigenvalue weighted by atomic mass is 79.9. The topological polar surface area (TPSA) is 37.4 Å². The van der Waals surface area contributed by atoms with Gasteiger partial charge in [-0.3, -0.25) is 0 Å². The molecular weight excluding hydrogens is 359 g/mol. The SMILES string of the molecule is O=S(=O)(c1ccccc1C(F)(F)F)N1CCCC1CBr. The second kappa shape index (κ2) is 5.65. The van der Waals surface area contributed by atoms with Crippen LogP contribution < -0.4 is 0 Å². The molecule has 1 fully saturated rings. The van der Waals surface area contributed by atoms with Gasteiger partial charge in [-0.2, -0.15) is 17.5 Å². The fraction of sp³-hybridized carbons (Fsp3) is 0.500. The monoisotopic (exact) mass is 371 g/mol. The molecule has 0 aliphatic carbocycles. The molecule has 1 heterocycles. The standard InChI is InChI=1S/C12H13BrF3NO2S/c13-8-9-4-3-7-17(9)20(18,19)11-6-2-1-5-10(11)12(14,15)16/h1-2,5-6,9H,3-4,7-8H2. The molecule has 0 saturated carbocycles. The number of halogens is 4. The largest absolute Gasteiger partial charge is 0.417 e. The van der Waals surface area contributed by atoms with E-state index in [-0.39, 0.29) is 12.6 Å². The normalized spacial score (nSPS) is 21.3. The first-order valence-corrected chi connectivity index (χ1v) is 8.58. The summed E-state index contributed by atoms with van der Waals surface area (Å²) in [5.41, 5.74) is -1.11. The van der Waals surface area contributed by atoms with Gasteiger partial charge in [0.25, 0.3) is 0 Å². The van der Waals surface area contributed by atoms with E-state index in [0.717, 1.165) is 16.4 Å². The predicted octanol–water partition coefficient (Wildman–Crippen LogP) is 3.25. The molecule has 1 atom stereocenters. The molecule has 0 amide bonds. The lowest BCUT2D eigenvalue weighted by Crippen LogP contribution is -2.37. The first-order valence-electron chi connectivity index (χ1n) is 6.02. The number of benzene rings is 1. The van der Waals surface area contributed by atoms with Gasteiger partial charge in [-0.15, -0.1) is 0 Å². The van der Waals surface area contributed by atoms with E-state index in [0.29, 0.717) is 18.2 Å². The predicted molar refractivity (Wildman–Crippen MR) is 72.2 cm³/mol. The number of alkyl halides is 4. The fourth-order valence-corrected chi connectivity index (χ4v) is 5.10. The molecule has 8 heteroatoms. The zero-order valence-corrected chi connectivity index (χ0v) is 12.8. The fourth-order valence-electron chi connectivity index (χ4n) is 2.33. The number of hydrogen-bond donors (Lipinski definition) is 0. The third-order valence-corrected chi connectivity index (χ3v) is 6.04. The summed E-state index contributed by atoms with van der Waals surface area (Å²) in [5, 5.41) is 0.417. The molecule has 1 aromatic rings. The van der Waals surface area contributed by atoms with E-state index in [1.54, 1.807) is 0 Å². The highest BCUT2D eigenvalue weighted by Gasteiger charge is 2.41. The van der Waals surface area contributed by atoms with Crippen molar-refractivity contribution < 1.29 is 21.6 Å². The summed E-state index contributed by atoms with van der Waals surface area (Å²) in [5.74, 6) is 0. The Morgan fingerprint density at radius 2 is 1.95 bits per heavy atom. The zero-order valence-electron chi connectivity index (χ0n) is 10.4. The molecule has 0 spiro atoms. The Bertz CT molecular complexity index is 589. The summed E-state index contributed by atoms with van der Waals surface area (Å²) in [6.07, 6.45) is -3.38. The molecule has 2 rings (SSSR count). The summed E-state index contributed by atoms with van der Waals surface area (Å²) in [6, 6.07) is 4.02. The molecule has 3 nitrogen and oxygen atoms in total. The molecule has 0 N–H and O–H groups in total. The molecule has 20 heavy (non-hydrogen) atoms. The molecule has 0 aromatic heterocycles. The van der Waals surface area contributed by atoms with Crippen LogP contribution in [0.2, 0.25) is 0 Å². The summed E-state index contributed by atoms with van der Waals surface area (Å²) >= 11 is 3.21. The van der Waals surface area contributed by atoms with Crippen molar-refractivity contribution in [3.05, 3.63) is 29.8 Å². The molecule has 1 aromatic carbocycles. The van der Waals surface area contributed by atoms with Crippen molar-refractivity contribution in [1.29, 1.82) is 0 Å². The van der Waals surface area contributed by atoms with Crippen LogP contribution in [0.4, 0.5) is 13.2 Å². The first kappa shape index (κ1) is 15.8. The summed E-state index contributed by atoms with van der Waals surface area (Å²) in [7, 11) is -4.13. The van der Waals surface area contributed by atoms with E-state index in [1.807, 2.05) is 0 Å². The maximum atomic E-state index is 13.0. The van der Waals surface area contributed by atoms with Crippen molar-refractivity contribution in [3.8, 4) is 0 Å². The lowest BCUT2D eigenvalue weighted by molar-refractivity contribution is -0.139. The van der Waals surface area contributed by atoms with Gasteiger partial charge in [0, 0.05) is 17.9 Å². The average molecular weight is 372 g/mol. The van der Waals surface area contributed by atoms with E-state index < -0.39 is 26.7 Å². The van der Waals surface area contributed by atoms with Gasteiger partial charge in [0.1, 0.15) is 0 Å². The quantitative estimate of drug-likeness (QED) is 0.764. The van der Waals surface area contributed by atoms with Gasteiger partial charge in [0.2, 0.25) is 10.0 Å². The second-order valence-electron chi connectivity index (χ2n) is 4.56. The van der Waals surface area contributed by atoms with E-state index in [2.05, 4.69) is 15.9 Å². The number of rotatable bonds is 3. The summed E-state index contributed by atoms with van der Waals surface area (Å²) in [6.45, 7) is 0.255. The highest BCUT2D eigenvalue weighted by Crippen LogP contribution is 2.36. The third-order valence-electron chi connectivity index (χ3n) is 3.28. The Kier molecular flexibility index (Phi) is 4.46. The minimum atomic E-state index is -4.69. The van der Waals surface area contributed by atoms with Gasteiger partial charge in [-0.05, 0) is 25.0 Å². The van der Waals surface area contributed by atoms with Crippen molar-refractivity contribution >= 4 is 26.0 Å². The number of nitrogens with zero attached hydrogens (tertiary/aromatic N) is 1. The molecule has 0 bridgehead atoms. The summed E-state index contributed by atoms with van der Waals surface area (Å²) in [4.78, 5) is -0.666. The summed E-state index contributed by atoms with van der Waals surface area (Å²) < 4.78 is 65.0.